The fourth-order valence-electron chi connectivity index (χ4n) is 5.78. The van der Waals surface area contributed by atoms with Crippen LogP contribution in [0.3, 0.4) is 0 Å². The Morgan fingerprint density at radius 1 is 1.07 bits per heavy atom. The Labute approximate surface area is 239 Å². The average molecular weight is 570 g/mol. The topological polar surface area (TPSA) is 135 Å². The number of carbonyl (C=O) groups excluding carboxylic acids is 3. The number of nitrogens with one attached hydrogen (secondary N) is 1. The van der Waals surface area contributed by atoms with Gasteiger partial charge in [-0.2, -0.15) is 0 Å². The summed E-state index contributed by atoms with van der Waals surface area (Å²) in [6, 6.07) is 3.49. The normalized spacial score (nSPS) is 26.8. The summed E-state index contributed by atoms with van der Waals surface area (Å²) in [7, 11) is 0. The number of cyclic esters (lactones) is 1. The number of nitrogens with zero attached hydrogens (tertiary/aromatic N) is 2. The molecule has 0 radical (unpaired) electrons. The molecule has 4 aliphatic rings. The highest BCUT2D eigenvalue weighted by molar-refractivity contribution is 5.90. The number of allylic oxidation sites excluding steroid dienone is 1. The van der Waals surface area contributed by atoms with Gasteiger partial charge in [0.1, 0.15) is 30.5 Å². The van der Waals surface area contributed by atoms with Crippen LogP contribution >= 0.6 is 0 Å². The summed E-state index contributed by atoms with van der Waals surface area (Å²) in [6.07, 6.45) is 5.51. The second-order valence-electron chi connectivity index (χ2n) is 12.7. The molecule has 1 aromatic carbocycles. The molecule has 2 fully saturated rings. The van der Waals surface area contributed by atoms with Crippen LogP contribution < -0.4 is 10.1 Å². The molecule has 5 rings (SSSR count). The van der Waals surface area contributed by atoms with Crippen molar-refractivity contribution in [3.8, 4) is 5.75 Å². The summed E-state index contributed by atoms with van der Waals surface area (Å²) >= 11 is 0. The maximum Gasteiger partial charge on any atom is 0.410 e. The van der Waals surface area contributed by atoms with Crippen LogP contribution in [0.4, 0.5) is 9.59 Å². The number of carbonyl (C=O) groups is 4. The zero-order valence-corrected chi connectivity index (χ0v) is 23.9. The number of aliphatic carboxylic acids is 1. The first kappa shape index (κ1) is 28.8. The Bertz CT molecular complexity index is 1230. The standard InChI is InChI=1S/C30H39N3O8/c1-29(2,3)24-25(34)33-16-20(14-22(33)26(35)36)41-28(38)32-15-19-8-7-9-23(21(19)17-32)39-13-6-4-5-10-30(11-12-30)18-40-27(37)31-24/h4,6-9,20,22,24H,5,10-18H2,1-3H3,(H,31,37)(H,35,36)/t20-,22?,24-/m1/s1. The molecule has 4 bridgehead atoms. The van der Waals surface area contributed by atoms with Gasteiger partial charge in [0, 0.05) is 23.9 Å². The van der Waals surface area contributed by atoms with Crippen molar-refractivity contribution in [1.29, 1.82) is 0 Å². The van der Waals surface area contributed by atoms with Crippen molar-refractivity contribution in [3.05, 3.63) is 41.5 Å². The van der Waals surface area contributed by atoms with E-state index in [9.17, 15) is 24.3 Å². The number of hydrogen-bond acceptors (Lipinski definition) is 7. The molecule has 3 aliphatic heterocycles. The summed E-state index contributed by atoms with van der Waals surface area (Å²) in [5.74, 6) is -1.04. The van der Waals surface area contributed by atoms with E-state index in [1.807, 2.05) is 24.3 Å². The van der Waals surface area contributed by atoms with Gasteiger partial charge < -0.3 is 29.5 Å². The molecule has 1 spiro atoms. The van der Waals surface area contributed by atoms with Crippen molar-refractivity contribution in [2.75, 3.05) is 19.8 Å². The summed E-state index contributed by atoms with van der Waals surface area (Å²) in [5, 5.41) is 12.6. The number of hydrogen-bond donors (Lipinski definition) is 2. The van der Waals surface area contributed by atoms with Crippen LogP contribution in [0.15, 0.2) is 30.4 Å². The van der Waals surface area contributed by atoms with Gasteiger partial charge in [-0.15, -0.1) is 0 Å². The first-order valence-corrected chi connectivity index (χ1v) is 14.3. The van der Waals surface area contributed by atoms with E-state index in [0.29, 0.717) is 25.4 Å². The third kappa shape index (κ3) is 6.44. The molecular weight excluding hydrogens is 530 g/mol. The molecule has 0 aromatic heterocycles. The Hall–Kier alpha value is -3.76. The molecule has 1 saturated heterocycles. The number of rotatable bonds is 1. The van der Waals surface area contributed by atoms with Gasteiger partial charge in [0.2, 0.25) is 5.91 Å². The molecule has 1 unspecified atom stereocenters. The third-order valence-electron chi connectivity index (χ3n) is 8.48. The fraction of sp³-hybridized carbons (Fsp3) is 0.600. The van der Waals surface area contributed by atoms with Gasteiger partial charge in [0.15, 0.2) is 0 Å². The maximum absolute atomic E-state index is 13.7. The summed E-state index contributed by atoms with van der Waals surface area (Å²) in [6.45, 7) is 6.59. The summed E-state index contributed by atoms with van der Waals surface area (Å²) in [4.78, 5) is 54.6. The van der Waals surface area contributed by atoms with Gasteiger partial charge in [0.25, 0.3) is 0 Å². The molecule has 3 heterocycles. The quantitative estimate of drug-likeness (QED) is 0.487. The second-order valence-corrected chi connectivity index (χ2v) is 12.7. The Kier molecular flexibility index (Phi) is 7.89. The lowest BCUT2D eigenvalue weighted by molar-refractivity contribution is -0.150. The minimum absolute atomic E-state index is 0.0435. The van der Waals surface area contributed by atoms with E-state index in [0.717, 1.165) is 36.8 Å². The number of fused-ring (bicyclic) bond motifs is 3. The number of alkyl carbamates (subject to hydrolysis) is 1. The van der Waals surface area contributed by atoms with Crippen molar-refractivity contribution in [2.24, 2.45) is 10.8 Å². The highest BCUT2D eigenvalue weighted by Crippen LogP contribution is 2.50. The Balaban J connectivity index is 1.38. The van der Waals surface area contributed by atoms with Crippen LogP contribution in [0.25, 0.3) is 0 Å². The second kappa shape index (κ2) is 11.3. The van der Waals surface area contributed by atoms with Crippen molar-refractivity contribution >= 4 is 24.1 Å². The predicted molar refractivity (Wildman–Crippen MR) is 147 cm³/mol. The first-order chi connectivity index (χ1) is 19.5. The highest BCUT2D eigenvalue weighted by atomic mass is 16.6. The van der Waals surface area contributed by atoms with Crippen molar-refractivity contribution in [3.63, 3.8) is 0 Å². The third-order valence-corrected chi connectivity index (χ3v) is 8.48. The average Bonchev–Trinajstić information content (AvgIpc) is 3.33. The zero-order chi connectivity index (χ0) is 29.4. The molecular formula is C30H39N3O8. The molecule has 1 aliphatic carbocycles. The Morgan fingerprint density at radius 2 is 1.85 bits per heavy atom. The van der Waals surface area contributed by atoms with E-state index >= 15 is 0 Å². The van der Waals surface area contributed by atoms with Crippen molar-refractivity contribution in [2.45, 2.75) is 84.2 Å². The largest absolute Gasteiger partial charge is 0.489 e. The van der Waals surface area contributed by atoms with Gasteiger partial charge in [0.05, 0.1) is 19.7 Å². The van der Waals surface area contributed by atoms with Crippen LogP contribution in [0.5, 0.6) is 5.75 Å². The summed E-state index contributed by atoms with van der Waals surface area (Å²) in [5.41, 5.74) is 1.09. The molecule has 1 aromatic rings. The zero-order valence-electron chi connectivity index (χ0n) is 23.9. The van der Waals surface area contributed by atoms with Gasteiger partial charge in [-0.1, -0.05) is 45.1 Å². The first-order valence-electron chi connectivity index (χ1n) is 14.3. The SMILES string of the molecule is CC(C)(C)[C@@H]1NC(=O)OCC2(CCC=CCOc3cccc4c3CN(C4)C(=O)O[C@@H]3CC(C(=O)O)N(C3)C1=O)CC2. The summed E-state index contributed by atoms with van der Waals surface area (Å²) < 4.78 is 17.3. The van der Waals surface area contributed by atoms with E-state index in [1.165, 1.54) is 4.90 Å². The minimum Gasteiger partial charge on any atom is -0.489 e. The van der Waals surface area contributed by atoms with Crippen LogP contribution in [0.1, 0.15) is 64.0 Å². The molecule has 2 N–H and O–H groups in total. The number of benzene rings is 1. The fourth-order valence-corrected chi connectivity index (χ4v) is 5.78. The lowest BCUT2D eigenvalue weighted by Crippen LogP contribution is -2.57. The van der Waals surface area contributed by atoms with E-state index in [1.54, 1.807) is 25.7 Å². The van der Waals surface area contributed by atoms with Gasteiger partial charge >= 0.3 is 18.2 Å². The van der Waals surface area contributed by atoms with Crippen LogP contribution in [0.2, 0.25) is 0 Å². The van der Waals surface area contributed by atoms with E-state index in [2.05, 4.69) is 11.4 Å². The number of carboxylic acid groups (broad SMARTS) is 1. The smallest absolute Gasteiger partial charge is 0.410 e. The number of amides is 3. The lowest BCUT2D eigenvalue weighted by atomic mass is 9.85. The highest BCUT2D eigenvalue weighted by Gasteiger charge is 2.47. The van der Waals surface area contributed by atoms with E-state index < -0.39 is 47.7 Å². The van der Waals surface area contributed by atoms with Gasteiger partial charge in [-0.05, 0) is 42.7 Å². The minimum atomic E-state index is -1.20. The molecule has 3 amide bonds. The molecule has 222 valence electrons. The molecule has 1 saturated carbocycles. The number of ether oxygens (including phenoxy) is 3. The number of carboxylic acids is 1. The van der Waals surface area contributed by atoms with E-state index in [4.69, 9.17) is 14.2 Å². The van der Waals surface area contributed by atoms with Crippen LogP contribution in [0, 0.1) is 10.8 Å². The van der Waals surface area contributed by atoms with Crippen LogP contribution in [-0.2, 0) is 32.2 Å². The van der Waals surface area contributed by atoms with Gasteiger partial charge in [-0.25, -0.2) is 14.4 Å². The lowest BCUT2D eigenvalue weighted by Gasteiger charge is -2.34. The molecule has 11 nitrogen and oxygen atoms in total. The van der Waals surface area contributed by atoms with E-state index in [-0.39, 0.29) is 25.0 Å². The van der Waals surface area contributed by atoms with Crippen molar-refractivity contribution in [1.82, 2.24) is 15.1 Å². The monoisotopic (exact) mass is 569 g/mol. The molecule has 3 atom stereocenters. The predicted octanol–water partition coefficient (Wildman–Crippen LogP) is 3.84. The molecule has 41 heavy (non-hydrogen) atoms. The van der Waals surface area contributed by atoms with Gasteiger partial charge in [-0.3, -0.25) is 9.69 Å². The Morgan fingerprint density at radius 3 is 2.56 bits per heavy atom. The van der Waals surface area contributed by atoms with Crippen molar-refractivity contribution < 1.29 is 38.5 Å². The molecule has 11 heteroatoms. The maximum atomic E-state index is 13.7. The van der Waals surface area contributed by atoms with Crippen LogP contribution in [-0.4, -0.2) is 76.9 Å².